The fourth-order valence-corrected chi connectivity index (χ4v) is 4.16. The van der Waals surface area contributed by atoms with Crippen LogP contribution in [0.2, 0.25) is 0 Å². The Morgan fingerprint density at radius 3 is 2.73 bits per heavy atom. The van der Waals surface area contributed by atoms with E-state index in [-0.39, 0.29) is 35.6 Å². The average Bonchev–Trinajstić information content (AvgIpc) is 3.39. The Labute approximate surface area is 193 Å². The topological polar surface area (TPSA) is 125 Å². The number of methoxy groups -OCH3 is 1. The number of carbonyl (C=O) groups is 3. The molecule has 3 atom stereocenters. The Hall–Kier alpha value is -3.36. The molecule has 1 aliphatic heterocycles. The van der Waals surface area contributed by atoms with Gasteiger partial charge in [-0.3, -0.25) is 19.4 Å². The lowest BCUT2D eigenvalue weighted by Crippen LogP contribution is -2.51. The lowest BCUT2D eigenvalue weighted by Gasteiger charge is -2.23. The van der Waals surface area contributed by atoms with E-state index in [1.807, 2.05) is 32.0 Å². The minimum atomic E-state index is -0.726. The molecule has 3 amide bonds. The molecule has 9 nitrogen and oxygen atoms in total. The summed E-state index contributed by atoms with van der Waals surface area (Å²) in [5.41, 5.74) is 1.13. The van der Waals surface area contributed by atoms with Crippen molar-refractivity contribution >= 4 is 34.8 Å². The zero-order chi connectivity index (χ0) is 24.0. The zero-order valence-corrected chi connectivity index (χ0v) is 19.6. The van der Waals surface area contributed by atoms with Crippen LogP contribution in [0, 0.1) is 11.8 Å². The number of H-pyrrole nitrogens is 1. The van der Waals surface area contributed by atoms with Crippen molar-refractivity contribution in [3.05, 3.63) is 30.0 Å². The Morgan fingerprint density at radius 1 is 1.30 bits per heavy atom. The van der Waals surface area contributed by atoms with Crippen LogP contribution >= 0.6 is 0 Å². The van der Waals surface area contributed by atoms with Crippen molar-refractivity contribution in [1.29, 1.82) is 0 Å². The van der Waals surface area contributed by atoms with Gasteiger partial charge in [-0.2, -0.15) is 0 Å². The number of hydrogen-bond acceptors (Lipinski definition) is 5. The maximum Gasteiger partial charge on any atom is 0.268 e. The smallest absolute Gasteiger partial charge is 0.268 e. The van der Waals surface area contributed by atoms with E-state index in [9.17, 15) is 14.4 Å². The van der Waals surface area contributed by atoms with Crippen molar-refractivity contribution in [2.45, 2.75) is 45.2 Å². The van der Waals surface area contributed by atoms with E-state index in [1.165, 1.54) is 0 Å². The van der Waals surface area contributed by atoms with Gasteiger partial charge >= 0.3 is 0 Å². The normalized spacial score (nSPS) is 17.8. The minimum Gasteiger partial charge on any atom is -0.496 e. The number of aliphatic imine (C=N–C) groups is 1. The molecule has 0 aliphatic carbocycles. The third-order valence-corrected chi connectivity index (χ3v) is 5.78. The summed E-state index contributed by atoms with van der Waals surface area (Å²) in [4.78, 5) is 45.2. The number of hydrogen-bond donors (Lipinski definition) is 4. The molecule has 1 fully saturated rings. The molecule has 1 aromatic carbocycles. The summed E-state index contributed by atoms with van der Waals surface area (Å²) in [5.74, 6) is 0.0199. The van der Waals surface area contributed by atoms with Gasteiger partial charge < -0.3 is 25.7 Å². The van der Waals surface area contributed by atoms with E-state index in [2.05, 4.69) is 25.9 Å². The second-order valence-corrected chi connectivity index (χ2v) is 8.79. The second kappa shape index (κ2) is 11.0. The molecule has 1 saturated heterocycles. The van der Waals surface area contributed by atoms with Gasteiger partial charge in [0.1, 0.15) is 17.5 Å². The number of benzene rings is 1. The number of nitrogens with zero attached hydrogens (tertiary/aromatic N) is 1. The van der Waals surface area contributed by atoms with Crippen LogP contribution in [0.3, 0.4) is 0 Å². The van der Waals surface area contributed by atoms with E-state index in [4.69, 9.17) is 4.74 Å². The molecule has 9 heteroatoms. The van der Waals surface area contributed by atoms with Crippen molar-refractivity contribution < 1.29 is 19.1 Å². The van der Waals surface area contributed by atoms with Crippen LogP contribution in [0.5, 0.6) is 5.75 Å². The molecule has 33 heavy (non-hydrogen) atoms. The van der Waals surface area contributed by atoms with E-state index in [1.54, 1.807) is 26.4 Å². The molecule has 2 heterocycles. The first-order valence-corrected chi connectivity index (χ1v) is 11.3. The first-order chi connectivity index (χ1) is 15.8. The summed E-state index contributed by atoms with van der Waals surface area (Å²) in [7, 11) is 3.21. The number of nitrogens with one attached hydrogen (secondary N) is 4. The van der Waals surface area contributed by atoms with Crippen molar-refractivity contribution in [3.8, 4) is 5.75 Å². The van der Waals surface area contributed by atoms with Gasteiger partial charge in [-0.15, -0.1) is 0 Å². The lowest BCUT2D eigenvalue weighted by molar-refractivity contribution is -0.125. The molecule has 1 aliphatic rings. The van der Waals surface area contributed by atoms with Crippen LogP contribution < -0.4 is 20.7 Å². The number of aromatic nitrogens is 1. The number of aromatic amines is 1. The Morgan fingerprint density at radius 2 is 2.09 bits per heavy atom. The molecule has 0 bridgehead atoms. The number of fused-ring (bicyclic) bond motifs is 1. The van der Waals surface area contributed by atoms with Crippen molar-refractivity contribution in [2.75, 3.05) is 20.7 Å². The second-order valence-electron chi connectivity index (χ2n) is 8.79. The maximum absolute atomic E-state index is 13.1. The molecule has 3 unspecified atom stereocenters. The van der Waals surface area contributed by atoms with Gasteiger partial charge in [0.25, 0.3) is 5.91 Å². The predicted molar refractivity (Wildman–Crippen MR) is 128 cm³/mol. The Bertz CT molecular complexity index is 1030. The van der Waals surface area contributed by atoms with Crippen LogP contribution in [-0.2, 0) is 9.59 Å². The summed E-state index contributed by atoms with van der Waals surface area (Å²) in [5, 5.41) is 9.44. The highest BCUT2D eigenvalue weighted by Gasteiger charge is 2.30. The maximum atomic E-state index is 13.1. The molecule has 2 aromatic rings. The number of carbonyl (C=O) groups excluding carboxylic acids is 3. The fourth-order valence-electron chi connectivity index (χ4n) is 4.16. The first kappa shape index (κ1) is 24.3. The molecule has 4 N–H and O–H groups in total. The highest BCUT2D eigenvalue weighted by Crippen LogP contribution is 2.26. The first-order valence-electron chi connectivity index (χ1n) is 11.3. The third-order valence-electron chi connectivity index (χ3n) is 5.78. The summed E-state index contributed by atoms with van der Waals surface area (Å²) in [6.07, 6.45) is 3.32. The third kappa shape index (κ3) is 6.12. The lowest BCUT2D eigenvalue weighted by atomic mass is 9.97. The van der Waals surface area contributed by atoms with E-state index < -0.39 is 6.04 Å². The van der Waals surface area contributed by atoms with Gasteiger partial charge in [-0.25, -0.2) is 0 Å². The number of amides is 3. The molecular formula is C24H33N5O4. The Balaban J connectivity index is 1.73. The summed E-state index contributed by atoms with van der Waals surface area (Å²) in [6, 6.07) is 6.14. The highest BCUT2D eigenvalue weighted by molar-refractivity contribution is 6.01. The molecule has 3 rings (SSSR count). The minimum absolute atomic E-state index is 0.0000227. The molecular weight excluding hydrogens is 422 g/mol. The summed E-state index contributed by atoms with van der Waals surface area (Å²) >= 11 is 0. The average molecular weight is 456 g/mol. The molecule has 0 spiro atoms. The predicted octanol–water partition coefficient (Wildman–Crippen LogP) is 2.03. The van der Waals surface area contributed by atoms with Crippen molar-refractivity contribution in [3.63, 3.8) is 0 Å². The SMILES string of the molecule is CN=CC(CC1CCNC1=O)NC(=O)C(CC(C)C)NC(=O)c1cc2c(OC)cccc2[nH]1. The number of ether oxygens (including phenoxy) is 1. The van der Waals surface area contributed by atoms with Crippen LogP contribution in [0.25, 0.3) is 10.9 Å². The summed E-state index contributed by atoms with van der Waals surface area (Å²) < 4.78 is 5.36. The largest absolute Gasteiger partial charge is 0.496 e. The van der Waals surface area contributed by atoms with Gasteiger partial charge in [0.05, 0.1) is 13.2 Å². The summed E-state index contributed by atoms with van der Waals surface area (Å²) in [6.45, 7) is 4.64. The standard InChI is InChI=1S/C24H33N5O4/c1-14(2)10-19(23(31)27-16(13-25-3)11-15-8-9-26-22(15)30)29-24(32)20-12-17-18(28-20)6-5-7-21(17)33-4/h5-7,12-16,19,28H,8-11H2,1-4H3,(H,26,30)(H,27,31)(H,29,32). The zero-order valence-electron chi connectivity index (χ0n) is 19.6. The van der Waals surface area contributed by atoms with Gasteiger partial charge in [-0.1, -0.05) is 19.9 Å². The van der Waals surface area contributed by atoms with Crippen molar-refractivity contribution in [1.82, 2.24) is 20.9 Å². The highest BCUT2D eigenvalue weighted by atomic mass is 16.5. The van der Waals surface area contributed by atoms with E-state index >= 15 is 0 Å². The molecule has 0 saturated carbocycles. The van der Waals surface area contributed by atoms with Crippen LogP contribution in [0.1, 0.15) is 43.6 Å². The monoisotopic (exact) mass is 455 g/mol. The van der Waals surface area contributed by atoms with E-state index in [0.29, 0.717) is 30.8 Å². The van der Waals surface area contributed by atoms with E-state index in [0.717, 1.165) is 17.3 Å². The fraction of sp³-hybridized carbons (Fsp3) is 0.500. The Kier molecular flexibility index (Phi) is 8.08. The van der Waals surface area contributed by atoms with Crippen LogP contribution in [-0.4, -0.2) is 61.7 Å². The van der Waals surface area contributed by atoms with Gasteiger partial charge in [0, 0.05) is 36.6 Å². The quantitative estimate of drug-likeness (QED) is 0.409. The van der Waals surface area contributed by atoms with Crippen LogP contribution in [0.15, 0.2) is 29.3 Å². The van der Waals surface area contributed by atoms with Crippen molar-refractivity contribution in [2.24, 2.45) is 16.8 Å². The molecule has 1 aromatic heterocycles. The molecule has 0 radical (unpaired) electrons. The van der Waals surface area contributed by atoms with Crippen LogP contribution in [0.4, 0.5) is 0 Å². The number of rotatable bonds is 10. The molecule has 178 valence electrons. The van der Waals surface area contributed by atoms with Gasteiger partial charge in [0.2, 0.25) is 11.8 Å². The van der Waals surface area contributed by atoms with Gasteiger partial charge in [0.15, 0.2) is 0 Å². The van der Waals surface area contributed by atoms with Gasteiger partial charge in [-0.05, 0) is 43.4 Å².